The minimum Gasteiger partial charge on any atom is -0.498 e. The zero-order chi connectivity index (χ0) is 16.5. The smallest absolute Gasteiger partial charge is 0.357 e. The van der Waals surface area contributed by atoms with Crippen molar-refractivity contribution in [2.45, 2.75) is 40.0 Å². The summed E-state index contributed by atoms with van der Waals surface area (Å²) in [6, 6.07) is 0. The van der Waals surface area contributed by atoms with Gasteiger partial charge in [0.2, 0.25) is 0 Å². The molecule has 6 heteroatoms. The van der Waals surface area contributed by atoms with E-state index in [9.17, 15) is 9.36 Å². The lowest BCUT2D eigenvalue weighted by molar-refractivity contribution is -0.128. The molecule has 2 saturated carbocycles. The van der Waals surface area contributed by atoms with E-state index in [2.05, 4.69) is 13.8 Å². The van der Waals surface area contributed by atoms with Crippen LogP contribution in [0.25, 0.3) is 0 Å². The molecule has 0 aliphatic heterocycles. The molecule has 0 aromatic carbocycles. The Balaban J connectivity index is 2.20. The lowest BCUT2D eigenvalue weighted by Gasteiger charge is -2.35. The maximum atomic E-state index is 12.5. The number of ether oxygens (including phenoxy) is 1. The molecule has 0 spiro atoms. The second kappa shape index (κ2) is 6.46. The van der Waals surface area contributed by atoms with Crippen LogP contribution in [0.1, 0.15) is 40.0 Å². The van der Waals surface area contributed by atoms with Gasteiger partial charge in [0, 0.05) is 32.5 Å². The van der Waals surface area contributed by atoms with Crippen molar-refractivity contribution in [3.05, 3.63) is 11.6 Å². The van der Waals surface area contributed by atoms with Gasteiger partial charge in [-0.2, -0.15) is 0 Å². The summed E-state index contributed by atoms with van der Waals surface area (Å²) in [5, 5.41) is 0. The molecule has 5 nitrogen and oxygen atoms in total. The van der Waals surface area contributed by atoms with Gasteiger partial charge in [-0.1, -0.05) is 13.8 Å². The number of Topliss-reactive ketones (excluding diaryl/α,β-unsaturated/α-hetero) is 1. The molecule has 2 rings (SSSR count). The molecule has 0 radical (unpaired) electrons. The van der Waals surface area contributed by atoms with E-state index in [4.69, 9.17) is 13.8 Å². The van der Waals surface area contributed by atoms with Gasteiger partial charge in [-0.05, 0) is 31.1 Å². The summed E-state index contributed by atoms with van der Waals surface area (Å²) >= 11 is 0. The Hall–Kier alpha value is -0.640. The molecule has 0 aromatic heterocycles. The maximum Gasteiger partial charge on any atom is 0.357 e. The van der Waals surface area contributed by atoms with Crippen LogP contribution in [0, 0.1) is 23.2 Å². The van der Waals surface area contributed by atoms with Crippen molar-refractivity contribution in [1.29, 1.82) is 0 Å². The average molecular weight is 330 g/mol. The van der Waals surface area contributed by atoms with Crippen LogP contribution in [0.5, 0.6) is 0 Å². The first-order chi connectivity index (χ1) is 10.3. The van der Waals surface area contributed by atoms with Crippen LogP contribution in [0.3, 0.4) is 0 Å². The van der Waals surface area contributed by atoms with Crippen LogP contribution in [0.2, 0.25) is 0 Å². The molecule has 126 valence electrons. The second-order valence-electron chi connectivity index (χ2n) is 6.88. The fourth-order valence-electron chi connectivity index (χ4n) is 4.07. The zero-order valence-electron chi connectivity index (χ0n) is 14.1. The average Bonchev–Trinajstić information content (AvgIpc) is 2.93. The Bertz CT molecular complexity index is 503. The highest BCUT2D eigenvalue weighted by atomic mass is 31.2. The lowest BCUT2D eigenvalue weighted by Crippen LogP contribution is -2.34. The van der Waals surface area contributed by atoms with Crippen molar-refractivity contribution in [3.63, 3.8) is 0 Å². The number of carbonyl (C=O) groups is 1. The van der Waals surface area contributed by atoms with Gasteiger partial charge in [0.05, 0.1) is 12.4 Å². The quantitative estimate of drug-likeness (QED) is 0.522. The Kier molecular flexibility index (Phi) is 5.20. The molecule has 22 heavy (non-hydrogen) atoms. The Morgan fingerprint density at radius 1 is 1.36 bits per heavy atom. The monoisotopic (exact) mass is 330 g/mol. The number of carbonyl (C=O) groups excluding carboxylic acids is 1. The molecule has 0 heterocycles. The summed E-state index contributed by atoms with van der Waals surface area (Å²) in [7, 11) is -0.604. The summed E-state index contributed by atoms with van der Waals surface area (Å²) < 4.78 is 27.8. The lowest BCUT2D eigenvalue weighted by atomic mass is 9.69. The molecule has 0 N–H and O–H groups in total. The highest BCUT2D eigenvalue weighted by molar-refractivity contribution is 7.57. The van der Waals surface area contributed by atoms with Gasteiger partial charge in [0.1, 0.15) is 11.5 Å². The molecule has 2 fully saturated rings. The van der Waals surface area contributed by atoms with Crippen molar-refractivity contribution in [2.75, 3.05) is 20.8 Å². The number of ketones is 1. The summed E-state index contributed by atoms with van der Waals surface area (Å²) in [6.07, 6.45) is 2.44. The summed E-state index contributed by atoms with van der Waals surface area (Å²) in [5.41, 5.74) is 0.187. The van der Waals surface area contributed by atoms with Crippen LogP contribution >= 0.6 is 7.60 Å². The minimum absolute atomic E-state index is 0.0475. The molecule has 2 aliphatic rings. The van der Waals surface area contributed by atoms with E-state index in [0.29, 0.717) is 30.5 Å². The molecule has 2 bridgehead atoms. The van der Waals surface area contributed by atoms with Gasteiger partial charge in [-0.15, -0.1) is 0 Å². The van der Waals surface area contributed by atoms with Crippen molar-refractivity contribution < 1.29 is 23.1 Å². The highest BCUT2D eigenvalue weighted by Gasteiger charge is 2.55. The van der Waals surface area contributed by atoms with Gasteiger partial charge in [0.25, 0.3) is 0 Å². The molecular weight excluding hydrogens is 303 g/mol. The van der Waals surface area contributed by atoms with Crippen LogP contribution in [0.4, 0.5) is 0 Å². The predicted molar refractivity (Wildman–Crippen MR) is 84.4 cm³/mol. The third-order valence-electron chi connectivity index (χ3n) is 5.13. The normalized spacial score (nSPS) is 30.9. The van der Waals surface area contributed by atoms with E-state index in [-0.39, 0.29) is 17.3 Å². The van der Waals surface area contributed by atoms with E-state index in [0.717, 1.165) is 12.8 Å². The topological polar surface area (TPSA) is 61.8 Å². The molecule has 0 aromatic rings. The molecule has 0 saturated heterocycles. The van der Waals surface area contributed by atoms with Crippen molar-refractivity contribution in [3.8, 4) is 0 Å². The number of rotatable bonds is 7. The van der Waals surface area contributed by atoms with Gasteiger partial charge in [-0.25, -0.2) is 0 Å². The van der Waals surface area contributed by atoms with Crippen LogP contribution in [0.15, 0.2) is 11.6 Å². The van der Waals surface area contributed by atoms with Gasteiger partial charge >= 0.3 is 7.60 Å². The second-order valence-corrected chi connectivity index (χ2v) is 8.95. The minimum atomic E-state index is -3.29. The number of hydrogen-bond acceptors (Lipinski definition) is 5. The summed E-state index contributed by atoms with van der Waals surface area (Å²) in [6.45, 7) is 6.79. The van der Waals surface area contributed by atoms with E-state index in [1.165, 1.54) is 20.0 Å². The van der Waals surface area contributed by atoms with Crippen molar-refractivity contribution in [2.24, 2.45) is 23.2 Å². The molecule has 0 amide bonds. The summed E-state index contributed by atoms with van der Waals surface area (Å²) in [5.74, 6) is 2.80. The first-order valence-corrected chi connectivity index (χ1v) is 9.47. The van der Waals surface area contributed by atoms with Gasteiger partial charge < -0.3 is 13.8 Å². The van der Waals surface area contributed by atoms with Crippen LogP contribution in [-0.4, -0.2) is 26.6 Å². The third-order valence-corrected chi connectivity index (χ3v) is 6.75. The van der Waals surface area contributed by atoms with Crippen molar-refractivity contribution in [1.82, 2.24) is 0 Å². The van der Waals surface area contributed by atoms with E-state index in [1.54, 1.807) is 0 Å². The van der Waals surface area contributed by atoms with Gasteiger partial charge in [0.15, 0.2) is 0 Å². The number of allylic oxidation sites excluding steroid dienone is 1. The Labute approximate surface area is 132 Å². The van der Waals surface area contributed by atoms with E-state index in [1.807, 2.05) is 6.92 Å². The number of hydrogen-bond donors (Lipinski definition) is 0. The zero-order valence-corrected chi connectivity index (χ0v) is 15.0. The fourth-order valence-corrected chi connectivity index (χ4v) is 4.96. The predicted octanol–water partition coefficient (Wildman–Crippen LogP) is 3.99. The highest BCUT2D eigenvalue weighted by Crippen LogP contribution is 2.58. The Morgan fingerprint density at radius 3 is 2.50 bits per heavy atom. The molecule has 3 atom stereocenters. The first kappa shape index (κ1) is 17.7. The van der Waals surface area contributed by atoms with Gasteiger partial charge in [-0.3, -0.25) is 9.36 Å². The van der Waals surface area contributed by atoms with Crippen molar-refractivity contribution >= 4 is 13.4 Å². The standard InChI is InChI=1S/C16H27O5P/c1-6-21-12(10-22(18,19-4)20-5)8-13-14-7-11(15(13)17)9-16(14,2)3/h10-11,13-14H,6-9H2,1-5H3/b12-10-/t11-,13-,14+/m0/s1. The largest absolute Gasteiger partial charge is 0.498 e. The fraction of sp³-hybridized carbons (Fsp3) is 0.812. The van der Waals surface area contributed by atoms with Crippen LogP contribution < -0.4 is 0 Å². The molecule has 0 unspecified atom stereocenters. The van der Waals surface area contributed by atoms with E-state index >= 15 is 0 Å². The molecular formula is C16H27O5P. The third kappa shape index (κ3) is 3.32. The van der Waals surface area contributed by atoms with E-state index < -0.39 is 7.60 Å². The molecule has 2 aliphatic carbocycles. The SMILES string of the molecule is CCO/C(=C\P(=O)(OC)OC)C[C@@H]1C(=O)[C@H]2C[C@H]1C(C)(C)C2. The van der Waals surface area contributed by atoms with Crippen LogP contribution in [-0.2, 0) is 23.1 Å². The Morgan fingerprint density at radius 2 is 2.00 bits per heavy atom. The maximum absolute atomic E-state index is 12.5. The summed E-state index contributed by atoms with van der Waals surface area (Å²) in [4.78, 5) is 12.5. The number of fused-ring (bicyclic) bond motifs is 2. The first-order valence-electron chi connectivity index (χ1n) is 7.85.